The summed E-state index contributed by atoms with van der Waals surface area (Å²) >= 11 is 0. The highest BCUT2D eigenvalue weighted by Crippen LogP contribution is 2.23. The van der Waals surface area contributed by atoms with Crippen LogP contribution in [0, 0.1) is 0 Å². The van der Waals surface area contributed by atoms with Gasteiger partial charge in [0.25, 0.3) is 0 Å². The molecule has 1 aliphatic rings. The number of carbonyl (C=O) groups is 1. The van der Waals surface area contributed by atoms with Crippen LogP contribution in [0.3, 0.4) is 0 Å². The molecule has 4 nitrogen and oxygen atoms in total. The van der Waals surface area contributed by atoms with Gasteiger partial charge in [0.2, 0.25) is 5.91 Å². The van der Waals surface area contributed by atoms with Crippen molar-refractivity contribution in [2.24, 2.45) is 0 Å². The van der Waals surface area contributed by atoms with E-state index in [1.807, 2.05) is 12.1 Å². The minimum absolute atomic E-state index is 0.0515. The lowest BCUT2D eigenvalue weighted by Crippen LogP contribution is -2.37. The molecule has 0 bridgehead atoms. The lowest BCUT2D eigenvalue weighted by molar-refractivity contribution is -0.116. The quantitative estimate of drug-likeness (QED) is 0.876. The van der Waals surface area contributed by atoms with E-state index in [0.717, 1.165) is 18.8 Å². The number of hydrogen-bond donors (Lipinski definition) is 2. The van der Waals surface area contributed by atoms with Crippen LogP contribution in [-0.4, -0.2) is 31.1 Å². The molecule has 0 saturated carbocycles. The predicted molar refractivity (Wildman–Crippen MR) is 88.9 cm³/mol. The molecule has 1 amide bonds. The summed E-state index contributed by atoms with van der Waals surface area (Å²) in [6.07, 6.45) is 3.01. The number of benzene rings is 1. The summed E-state index contributed by atoms with van der Waals surface area (Å²) in [7, 11) is 0. The van der Waals surface area contributed by atoms with Crippen LogP contribution in [0.4, 0.5) is 11.4 Å². The van der Waals surface area contributed by atoms with Crippen molar-refractivity contribution in [3.05, 3.63) is 24.3 Å². The molecule has 1 aromatic rings. The molecule has 1 heterocycles. The van der Waals surface area contributed by atoms with Gasteiger partial charge in [-0.2, -0.15) is 0 Å². The van der Waals surface area contributed by atoms with Crippen molar-refractivity contribution in [1.82, 2.24) is 5.32 Å². The van der Waals surface area contributed by atoms with Crippen molar-refractivity contribution in [3.8, 4) is 0 Å². The molecule has 21 heavy (non-hydrogen) atoms. The molecule has 1 saturated heterocycles. The number of carbonyl (C=O) groups excluding carboxylic acids is 1. The second-order valence-corrected chi connectivity index (χ2v) is 6.72. The van der Waals surface area contributed by atoms with Crippen molar-refractivity contribution in [1.29, 1.82) is 0 Å². The Morgan fingerprint density at radius 1 is 1.24 bits per heavy atom. The Hall–Kier alpha value is -1.55. The SMILES string of the molecule is CC(C)(C)NCCC(=O)Nc1cccc(N2CCCC2)c1. The third-order valence-electron chi connectivity index (χ3n) is 3.61. The van der Waals surface area contributed by atoms with Crippen LogP contribution >= 0.6 is 0 Å². The zero-order chi connectivity index (χ0) is 15.3. The first-order valence-electron chi connectivity index (χ1n) is 7.84. The first-order valence-corrected chi connectivity index (χ1v) is 7.84. The maximum atomic E-state index is 12.0. The smallest absolute Gasteiger partial charge is 0.225 e. The van der Waals surface area contributed by atoms with E-state index in [0.29, 0.717) is 13.0 Å². The molecule has 0 aromatic heterocycles. The second kappa shape index (κ2) is 6.94. The van der Waals surface area contributed by atoms with E-state index >= 15 is 0 Å². The highest BCUT2D eigenvalue weighted by atomic mass is 16.1. The van der Waals surface area contributed by atoms with Gasteiger partial charge in [-0.1, -0.05) is 6.07 Å². The summed E-state index contributed by atoms with van der Waals surface area (Å²) in [4.78, 5) is 14.3. The Morgan fingerprint density at radius 2 is 1.95 bits per heavy atom. The molecule has 0 radical (unpaired) electrons. The van der Waals surface area contributed by atoms with Gasteiger partial charge in [-0.15, -0.1) is 0 Å². The monoisotopic (exact) mass is 289 g/mol. The fraction of sp³-hybridized carbons (Fsp3) is 0.588. The van der Waals surface area contributed by atoms with Crippen molar-refractivity contribution >= 4 is 17.3 Å². The summed E-state index contributed by atoms with van der Waals surface area (Å²) < 4.78 is 0. The Kier molecular flexibility index (Phi) is 5.23. The maximum absolute atomic E-state index is 12.0. The number of nitrogens with zero attached hydrogens (tertiary/aromatic N) is 1. The van der Waals surface area contributed by atoms with Gasteiger partial charge in [0.15, 0.2) is 0 Å². The lowest BCUT2D eigenvalue weighted by Gasteiger charge is -2.20. The maximum Gasteiger partial charge on any atom is 0.225 e. The Bertz CT molecular complexity index is 473. The molecule has 4 heteroatoms. The number of hydrogen-bond acceptors (Lipinski definition) is 3. The molecule has 0 unspecified atom stereocenters. The van der Waals surface area contributed by atoms with Gasteiger partial charge in [-0.25, -0.2) is 0 Å². The third-order valence-corrected chi connectivity index (χ3v) is 3.61. The van der Waals surface area contributed by atoms with Crippen LogP contribution in [0.5, 0.6) is 0 Å². The van der Waals surface area contributed by atoms with Crippen LogP contribution in [-0.2, 0) is 4.79 Å². The minimum Gasteiger partial charge on any atom is -0.371 e. The molecule has 0 atom stereocenters. The zero-order valence-electron chi connectivity index (χ0n) is 13.4. The average molecular weight is 289 g/mol. The van der Waals surface area contributed by atoms with Crippen molar-refractivity contribution in [3.63, 3.8) is 0 Å². The fourth-order valence-corrected chi connectivity index (χ4v) is 2.53. The third kappa shape index (κ3) is 5.38. The molecule has 1 aromatic carbocycles. The van der Waals surface area contributed by atoms with E-state index in [1.54, 1.807) is 0 Å². The first kappa shape index (κ1) is 15.8. The van der Waals surface area contributed by atoms with Crippen LogP contribution in [0.15, 0.2) is 24.3 Å². The summed E-state index contributed by atoms with van der Waals surface area (Å²) in [5.74, 6) is 0.0605. The highest BCUT2D eigenvalue weighted by Gasteiger charge is 2.13. The minimum atomic E-state index is 0.0515. The number of nitrogens with one attached hydrogen (secondary N) is 2. The Morgan fingerprint density at radius 3 is 2.62 bits per heavy atom. The normalized spacial score (nSPS) is 15.3. The van der Waals surface area contributed by atoms with Crippen molar-refractivity contribution in [2.75, 3.05) is 29.9 Å². The van der Waals surface area contributed by atoms with Crippen molar-refractivity contribution in [2.45, 2.75) is 45.6 Å². The van der Waals surface area contributed by atoms with Gasteiger partial charge in [-0.05, 0) is 51.8 Å². The van der Waals surface area contributed by atoms with E-state index in [2.05, 4.69) is 48.4 Å². The van der Waals surface area contributed by atoms with Gasteiger partial charge in [-0.3, -0.25) is 4.79 Å². The topological polar surface area (TPSA) is 44.4 Å². The summed E-state index contributed by atoms with van der Waals surface area (Å²) in [5, 5.41) is 6.31. The molecule has 2 rings (SSSR count). The van der Waals surface area contributed by atoms with Gasteiger partial charge < -0.3 is 15.5 Å². The van der Waals surface area contributed by atoms with Gasteiger partial charge in [0, 0.05) is 43.0 Å². The lowest BCUT2D eigenvalue weighted by atomic mass is 10.1. The van der Waals surface area contributed by atoms with Crippen LogP contribution in [0.1, 0.15) is 40.0 Å². The fourth-order valence-electron chi connectivity index (χ4n) is 2.53. The molecule has 1 aliphatic heterocycles. The highest BCUT2D eigenvalue weighted by molar-refractivity contribution is 5.91. The number of anilines is 2. The Balaban J connectivity index is 1.84. The van der Waals surface area contributed by atoms with E-state index in [1.165, 1.54) is 18.5 Å². The standard InChI is InChI=1S/C17H27N3O/c1-17(2,3)18-10-9-16(21)19-14-7-6-8-15(13-14)20-11-4-5-12-20/h6-8,13,18H,4-5,9-12H2,1-3H3,(H,19,21). The summed E-state index contributed by atoms with van der Waals surface area (Å²) in [5.41, 5.74) is 2.15. The predicted octanol–water partition coefficient (Wildman–Crippen LogP) is 3.00. The molecule has 116 valence electrons. The number of amides is 1. The van der Waals surface area contributed by atoms with Crippen molar-refractivity contribution < 1.29 is 4.79 Å². The van der Waals surface area contributed by atoms with E-state index in [4.69, 9.17) is 0 Å². The number of rotatable bonds is 5. The summed E-state index contributed by atoms with van der Waals surface area (Å²) in [6.45, 7) is 9.24. The van der Waals surface area contributed by atoms with Crippen LogP contribution in [0.25, 0.3) is 0 Å². The van der Waals surface area contributed by atoms with Gasteiger partial charge in [0.05, 0.1) is 0 Å². The van der Waals surface area contributed by atoms with E-state index in [9.17, 15) is 4.79 Å². The van der Waals surface area contributed by atoms with E-state index in [-0.39, 0.29) is 11.4 Å². The van der Waals surface area contributed by atoms with Crippen LogP contribution < -0.4 is 15.5 Å². The molecular formula is C17H27N3O. The van der Waals surface area contributed by atoms with Gasteiger partial charge >= 0.3 is 0 Å². The molecular weight excluding hydrogens is 262 g/mol. The average Bonchev–Trinajstić information content (AvgIpc) is 2.91. The molecule has 0 aliphatic carbocycles. The van der Waals surface area contributed by atoms with Crippen LogP contribution in [0.2, 0.25) is 0 Å². The molecule has 1 fully saturated rings. The van der Waals surface area contributed by atoms with Gasteiger partial charge in [0.1, 0.15) is 0 Å². The van der Waals surface area contributed by atoms with E-state index < -0.39 is 0 Å². The summed E-state index contributed by atoms with van der Waals surface area (Å²) in [6, 6.07) is 8.15. The Labute approximate surface area is 127 Å². The molecule has 0 spiro atoms. The second-order valence-electron chi connectivity index (χ2n) is 6.72. The molecule has 2 N–H and O–H groups in total. The largest absolute Gasteiger partial charge is 0.371 e. The first-order chi connectivity index (χ1) is 9.94. The zero-order valence-corrected chi connectivity index (χ0v) is 13.4.